The zero-order valence-electron chi connectivity index (χ0n) is 12.0. The molecule has 0 amide bonds. The van der Waals surface area contributed by atoms with Crippen LogP contribution in [-0.2, 0) is 6.42 Å². The van der Waals surface area contributed by atoms with Crippen LogP contribution < -0.4 is 11.1 Å². The van der Waals surface area contributed by atoms with Gasteiger partial charge in [-0.15, -0.1) is 0 Å². The Balaban J connectivity index is 2.67. The lowest BCUT2D eigenvalue weighted by molar-refractivity contribution is 0.671. The fourth-order valence-corrected chi connectivity index (χ4v) is 1.84. The number of hydrogen-bond acceptors (Lipinski definition) is 3. The third-order valence-electron chi connectivity index (χ3n) is 2.87. The van der Waals surface area contributed by atoms with Crippen LogP contribution >= 0.6 is 0 Å². The molecule has 0 aliphatic carbocycles. The number of allylic oxidation sites excluding steroid dienone is 1. The van der Waals surface area contributed by atoms with Gasteiger partial charge >= 0.3 is 0 Å². The average Bonchev–Trinajstić information content (AvgIpc) is 2.45. The van der Waals surface area contributed by atoms with E-state index in [0.29, 0.717) is 0 Å². The molecule has 0 saturated carbocycles. The molecule has 0 saturated heterocycles. The van der Waals surface area contributed by atoms with Crippen molar-refractivity contribution >= 4 is 11.8 Å². The highest BCUT2D eigenvalue weighted by Crippen LogP contribution is 2.14. The standard InChI is InChI=1S/C16H25N3/c1-3-9-19-10-8-14-6-5-7-15(11-14)16(12-17)13-18-4-2/h5-7,11-13,19H,3-4,8-10,17H2,1-2H3. The third-order valence-corrected chi connectivity index (χ3v) is 2.87. The quantitative estimate of drug-likeness (QED) is 0.557. The Morgan fingerprint density at radius 1 is 1.32 bits per heavy atom. The van der Waals surface area contributed by atoms with Gasteiger partial charge in [-0.3, -0.25) is 4.99 Å². The van der Waals surface area contributed by atoms with Crippen molar-refractivity contribution in [2.24, 2.45) is 10.7 Å². The van der Waals surface area contributed by atoms with Gasteiger partial charge < -0.3 is 11.1 Å². The molecule has 104 valence electrons. The lowest BCUT2D eigenvalue weighted by atomic mass is 10.0. The summed E-state index contributed by atoms with van der Waals surface area (Å²) in [6.07, 6.45) is 5.67. The summed E-state index contributed by atoms with van der Waals surface area (Å²) in [7, 11) is 0. The smallest absolute Gasteiger partial charge is 0.0361 e. The monoisotopic (exact) mass is 259 g/mol. The number of nitrogens with two attached hydrogens (primary N) is 1. The molecule has 0 aliphatic heterocycles. The molecule has 0 radical (unpaired) electrons. The van der Waals surface area contributed by atoms with Gasteiger partial charge in [0.25, 0.3) is 0 Å². The first-order valence-electron chi connectivity index (χ1n) is 7.03. The van der Waals surface area contributed by atoms with E-state index in [2.05, 4.69) is 41.5 Å². The summed E-state index contributed by atoms with van der Waals surface area (Å²) in [5, 5.41) is 3.41. The molecule has 0 aromatic heterocycles. The molecule has 0 bridgehead atoms. The second-order valence-electron chi connectivity index (χ2n) is 4.45. The van der Waals surface area contributed by atoms with Crippen molar-refractivity contribution in [3.8, 4) is 0 Å². The number of aliphatic imine (C=N–C) groups is 1. The zero-order chi connectivity index (χ0) is 13.9. The summed E-state index contributed by atoms with van der Waals surface area (Å²) in [6, 6.07) is 8.49. The summed E-state index contributed by atoms with van der Waals surface area (Å²) in [6.45, 7) is 7.07. The molecule has 3 nitrogen and oxygen atoms in total. The molecule has 1 aromatic rings. The van der Waals surface area contributed by atoms with Gasteiger partial charge in [-0.05, 0) is 44.0 Å². The van der Waals surface area contributed by atoms with Gasteiger partial charge in [0.15, 0.2) is 0 Å². The lowest BCUT2D eigenvalue weighted by Gasteiger charge is -2.06. The molecule has 0 heterocycles. The Labute approximate surface area is 116 Å². The predicted molar refractivity (Wildman–Crippen MR) is 84.5 cm³/mol. The summed E-state index contributed by atoms with van der Waals surface area (Å²) in [4.78, 5) is 4.25. The zero-order valence-corrected chi connectivity index (χ0v) is 12.0. The minimum absolute atomic E-state index is 0.776. The van der Waals surface area contributed by atoms with E-state index in [-0.39, 0.29) is 0 Å². The molecular formula is C16H25N3. The van der Waals surface area contributed by atoms with Gasteiger partial charge in [0.2, 0.25) is 0 Å². The van der Waals surface area contributed by atoms with E-state index in [4.69, 9.17) is 5.73 Å². The van der Waals surface area contributed by atoms with Crippen molar-refractivity contribution in [2.45, 2.75) is 26.7 Å². The minimum atomic E-state index is 0.776. The Bertz CT molecular complexity index is 422. The second-order valence-corrected chi connectivity index (χ2v) is 4.45. The van der Waals surface area contributed by atoms with E-state index in [9.17, 15) is 0 Å². The highest BCUT2D eigenvalue weighted by molar-refractivity contribution is 6.09. The molecular weight excluding hydrogens is 234 g/mol. The Kier molecular flexibility index (Phi) is 7.59. The number of nitrogens with zero attached hydrogens (tertiary/aromatic N) is 1. The van der Waals surface area contributed by atoms with Crippen molar-refractivity contribution in [3.63, 3.8) is 0 Å². The fourth-order valence-electron chi connectivity index (χ4n) is 1.84. The van der Waals surface area contributed by atoms with Crippen molar-refractivity contribution in [2.75, 3.05) is 19.6 Å². The third kappa shape index (κ3) is 5.71. The van der Waals surface area contributed by atoms with Crippen LogP contribution in [0.25, 0.3) is 5.57 Å². The van der Waals surface area contributed by atoms with Crippen LogP contribution in [-0.4, -0.2) is 25.8 Å². The van der Waals surface area contributed by atoms with Crippen LogP contribution in [0.4, 0.5) is 0 Å². The van der Waals surface area contributed by atoms with Gasteiger partial charge in [0.05, 0.1) is 0 Å². The van der Waals surface area contributed by atoms with Crippen LogP contribution in [0.1, 0.15) is 31.4 Å². The molecule has 19 heavy (non-hydrogen) atoms. The first-order valence-corrected chi connectivity index (χ1v) is 7.03. The van der Waals surface area contributed by atoms with Crippen molar-refractivity contribution in [1.29, 1.82) is 0 Å². The maximum absolute atomic E-state index is 5.67. The molecule has 0 spiro atoms. The SMILES string of the molecule is CCCNCCc1cccc(C(C=NCC)=CN)c1. The number of benzene rings is 1. The summed E-state index contributed by atoms with van der Waals surface area (Å²) in [5.74, 6) is 0. The minimum Gasteiger partial charge on any atom is -0.404 e. The first-order chi connectivity index (χ1) is 9.31. The van der Waals surface area contributed by atoms with Crippen LogP contribution in [0.5, 0.6) is 0 Å². The highest BCUT2D eigenvalue weighted by atomic mass is 14.8. The Morgan fingerprint density at radius 3 is 2.84 bits per heavy atom. The Hall–Kier alpha value is -1.61. The maximum atomic E-state index is 5.67. The van der Waals surface area contributed by atoms with Crippen molar-refractivity contribution in [3.05, 3.63) is 41.6 Å². The second kappa shape index (κ2) is 9.34. The van der Waals surface area contributed by atoms with Gasteiger partial charge in [-0.2, -0.15) is 0 Å². The summed E-state index contributed by atoms with van der Waals surface area (Å²) < 4.78 is 0. The van der Waals surface area contributed by atoms with E-state index in [0.717, 1.165) is 37.2 Å². The lowest BCUT2D eigenvalue weighted by Crippen LogP contribution is -2.17. The predicted octanol–water partition coefficient (Wildman–Crippen LogP) is 2.62. The number of hydrogen-bond donors (Lipinski definition) is 2. The molecule has 1 aromatic carbocycles. The van der Waals surface area contributed by atoms with Crippen LogP contribution in [0.2, 0.25) is 0 Å². The fraction of sp³-hybridized carbons (Fsp3) is 0.438. The molecule has 0 fully saturated rings. The van der Waals surface area contributed by atoms with Gasteiger partial charge in [-0.25, -0.2) is 0 Å². The van der Waals surface area contributed by atoms with E-state index < -0.39 is 0 Å². The average molecular weight is 259 g/mol. The summed E-state index contributed by atoms with van der Waals surface area (Å²) in [5.41, 5.74) is 9.10. The molecule has 3 N–H and O–H groups in total. The van der Waals surface area contributed by atoms with Crippen LogP contribution in [0, 0.1) is 0 Å². The summed E-state index contributed by atoms with van der Waals surface area (Å²) >= 11 is 0. The van der Waals surface area contributed by atoms with Crippen molar-refractivity contribution < 1.29 is 0 Å². The molecule has 0 aliphatic rings. The maximum Gasteiger partial charge on any atom is 0.0361 e. The van der Waals surface area contributed by atoms with E-state index in [1.807, 2.05) is 13.1 Å². The van der Waals surface area contributed by atoms with Gasteiger partial charge in [-0.1, -0.05) is 31.2 Å². The topological polar surface area (TPSA) is 50.4 Å². The highest BCUT2D eigenvalue weighted by Gasteiger charge is 2.00. The van der Waals surface area contributed by atoms with Crippen LogP contribution in [0.15, 0.2) is 35.5 Å². The van der Waals surface area contributed by atoms with E-state index in [1.165, 1.54) is 12.0 Å². The number of nitrogens with one attached hydrogen (secondary N) is 1. The van der Waals surface area contributed by atoms with E-state index in [1.54, 1.807) is 6.20 Å². The van der Waals surface area contributed by atoms with E-state index >= 15 is 0 Å². The Morgan fingerprint density at radius 2 is 2.16 bits per heavy atom. The van der Waals surface area contributed by atoms with Gasteiger partial charge in [0, 0.05) is 24.5 Å². The number of rotatable bonds is 8. The molecule has 1 rings (SSSR count). The van der Waals surface area contributed by atoms with Gasteiger partial charge in [0.1, 0.15) is 0 Å². The molecule has 0 unspecified atom stereocenters. The van der Waals surface area contributed by atoms with Crippen LogP contribution in [0.3, 0.4) is 0 Å². The normalized spacial score (nSPS) is 12.2. The largest absolute Gasteiger partial charge is 0.404 e. The molecule has 0 atom stereocenters. The molecule has 3 heteroatoms. The first kappa shape index (κ1) is 15.4. The van der Waals surface area contributed by atoms with Crippen molar-refractivity contribution in [1.82, 2.24) is 5.32 Å².